The van der Waals surface area contributed by atoms with Crippen molar-refractivity contribution in [2.45, 2.75) is 24.7 Å². The minimum Gasteiger partial charge on any atom is -0.345 e. The number of fused-ring (bicyclic) bond motifs is 1. The maximum absolute atomic E-state index is 12.9. The molecule has 142 valence electrons. The second-order valence-electron chi connectivity index (χ2n) is 6.61. The van der Waals surface area contributed by atoms with Gasteiger partial charge in [-0.05, 0) is 36.2 Å². The molecule has 1 fully saturated rings. The molecule has 1 saturated heterocycles. The van der Waals surface area contributed by atoms with E-state index in [2.05, 4.69) is 21.8 Å². The molecule has 0 amide bonds. The Labute approximate surface area is 163 Å². The average molecular weight is 403 g/mol. The maximum Gasteiger partial charge on any atom is 0.243 e. The van der Waals surface area contributed by atoms with Crippen molar-refractivity contribution in [3.63, 3.8) is 0 Å². The van der Waals surface area contributed by atoms with E-state index in [1.165, 1.54) is 5.56 Å². The van der Waals surface area contributed by atoms with E-state index in [0.717, 1.165) is 28.3 Å². The summed E-state index contributed by atoms with van der Waals surface area (Å²) in [6, 6.07) is 11.1. The first-order valence-corrected chi connectivity index (χ1v) is 11.4. The zero-order valence-electron chi connectivity index (χ0n) is 15.2. The highest BCUT2D eigenvalue weighted by Crippen LogP contribution is 2.28. The Bertz CT molecular complexity index is 990. The number of benzene rings is 1. The highest BCUT2D eigenvalue weighted by Gasteiger charge is 2.29. The number of hydrogen-bond acceptors (Lipinski definition) is 6. The van der Waals surface area contributed by atoms with Crippen molar-refractivity contribution in [1.29, 1.82) is 0 Å². The Morgan fingerprint density at radius 1 is 1.07 bits per heavy atom. The molecule has 0 bridgehead atoms. The minimum atomic E-state index is -3.45. The largest absolute Gasteiger partial charge is 0.345 e. The standard InChI is InChI=1S/C19H22N4O2S2/c1-2-4-15-6-8-16(9-7-15)27(24,25)23-13-11-22(12-14-23)19-21-17-5-3-10-20-18(17)26-19/h3,5-10H,2,4,11-14H2,1H3. The van der Waals surface area contributed by atoms with Crippen molar-refractivity contribution in [1.82, 2.24) is 14.3 Å². The van der Waals surface area contributed by atoms with Crippen LogP contribution < -0.4 is 4.90 Å². The van der Waals surface area contributed by atoms with E-state index in [1.54, 1.807) is 34.0 Å². The second-order valence-corrected chi connectivity index (χ2v) is 9.50. The lowest BCUT2D eigenvalue weighted by Crippen LogP contribution is -2.48. The van der Waals surface area contributed by atoms with Gasteiger partial charge in [0.2, 0.25) is 10.0 Å². The first-order chi connectivity index (χ1) is 13.1. The number of piperazine rings is 1. The fourth-order valence-electron chi connectivity index (χ4n) is 3.28. The molecule has 3 aromatic rings. The first kappa shape index (κ1) is 18.3. The van der Waals surface area contributed by atoms with Crippen molar-refractivity contribution < 1.29 is 8.42 Å². The molecular weight excluding hydrogens is 380 g/mol. The monoisotopic (exact) mass is 402 g/mol. The van der Waals surface area contributed by atoms with Crippen LogP contribution in [0.4, 0.5) is 5.13 Å². The van der Waals surface area contributed by atoms with Crippen LogP contribution >= 0.6 is 11.3 Å². The number of anilines is 1. The van der Waals surface area contributed by atoms with Gasteiger partial charge in [0.05, 0.1) is 4.90 Å². The van der Waals surface area contributed by atoms with Gasteiger partial charge < -0.3 is 4.90 Å². The van der Waals surface area contributed by atoms with Crippen molar-refractivity contribution in [2.24, 2.45) is 0 Å². The molecule has 1 aliphatic rings. The van der Waals surface area contributed by atoms with Crippen molar-refractivity contribution in [3.05, 3.63) is 48.2 Å². The molecule has 0 unspecified atom stereocenters. The zero-order chi connectivity index (χ0) is 18.9. The fourth-order valence-corrected chi connectivity index (χ4v) is 5.66. The quantitative estimate of drug-likeness (QED) is 0.656. The molecule has 0 N–H and O–H groups in total. The van der Waals surface area contributed by atoms with Crippen LogP contribution in [0.25, 0.3) is 10.3 Å². The van der Waals surface area contributed by atoms with E-state index in [-0.39, 0.29) is 0 Å². The van der Waals surface area contributed by atoms with Gasteiger partial charge in [-0.3, -0.25) is 0 Å². The van der Waals surface area contributed by atoms with Gasteiger partial charge in [-0.1, -0.05) is 36.8 Å². The summed E-state index contributed by atoms with van der Waals surface area (Å²) in [6.07, 6.45) is 3.78. The summed E-state index contributed by atoms with van der Waals surface area (Å²) in [4.78, 5) is 12.4. The summed E-state index contributed by atoms with van der Waals surface area (Å²) in [6.45, 7) is 4.30. The molecule has 8 heteroatoms. The van der Waals surface area contributed by atoms with Crippen LogP contribution in [0.15, 0.2) is 47.5 Å². The van der Waals surface area contributed by atoms with Crippen molar-refractivity contribution in [3.8, 4) is 0 Å². The third-order valence-corrected chi connectivity index (χ3v) is 7.72. The van der Waals surface area contributed by atoms with Gasteiger partial charge in [-0.2, -0.15) is 4.31 Å². The van der Waals surface area contributed by atoms with E-state index in [4.69, 9.17) is 0 Å². The molecule has 4 rings (SSSR count). The molecule has 3 heterocycles. The number of rotatable bonds is 5. The summed E-state index contributed by atoms with van der Waals surface area (Å²) < 4.78 is 27.4. The van der Waals surface area contributed by atoms with Crippen molar-refractivity contribution >= 4 is 36.8 Å². The highest BCUT2D eigenvalue weighted by atomic mass is 32.2. The second kappa shape index (κ2) is 7.53. The Kier molecular flexibility index (Phi) is 5.12. The van der Waals surface area contributed by atoms with Crippen LogP contribution in [-0.2, 0) is 16.4 Å². The molecule has 6 nitrogen and oxygen atoms in total. The molecule has 27 heavy (non-hydrogen) atoms. The molecule has 1 aliphatic heterocycles. The molecular formula is C19H22N4O2S2. The number of aromatic nitrogens is 2. The molecule has 0 spiro atoms. The normalized spacial score (nSPS) is 16.1. The molecule has 2 aromatic heterocycles. The molecule has 1 aromatic carbocycles. The predicted octanol–water partition coefficient (Wildman–Crippen LogP) is 3.15. The topological polar surface area (TPSA) is 66.4 Å². The summed E-state index contributed by atoms with van der Waals surface area (Å²) in [5.41, 5.74) is 2.06. The number of thiazole rings is 1. The summed E-state index contributed by atoms with van der Waals surface area (Å²) in [5, 5.41) is 0.907. The lowest BCUT2D eigenvalue weighted by Gasteiger charge is -2.33. The van der Waals surface area contributed by atoms with Crippen molar-refractivity contribution in [2.75, 3.05) is 31.1 Å². The van der Waals surface area contributed by atoms with Crippen LogP contribution in [0.2, 0.25) is 0 Å². The number of hydrogen-bond donors (Lipinski definition) is 0. The fraction of sp³-hybridized carbons (Fsp3) is 0.368. The smallest absolute Gasteiger partial charge is 0.243 e. The number of sulfonamides is 1. The minimum absolute atomic E-state index is 0.375. The summed E-state index contributed by atoms with van der Waals surface area (Å²) in [5.74, 6) is 0. The van der Waals surface area contributed by atoms with Crippen LogP contribution in [0.1, 0.15) is 18.9 Å². The van der Waals surface area contributed by atoms with E-state index in [1.807, 2.05) is 24.3 Å². The van der Waals surface area contributed by atoms with Gasteiger partial charge in [0.15, 0.2) is 5.13 Å². The number of aryl methyl sites for hydroxylation is 1. The predicted molar refractivity (Wildman–Crippen MR) is 109 cm³/mol. The van der Waals surface area contributed by atoms with Gasteiger partial charge in [0, 0.05) is 32.4 Å². The lowest BCUT2D eigenvalue weighted by atomic mass is 10.1. The van der Waals surface area contributed by atoms with E-state index >= 15 is 0 Å². The van der Waals surface area contributed by atoms with E-state index < -0.39 is 10.0 Å². The number of pyridine rings is 1. The van der Waals surface area contributed by atoms with Crippen LogP contribution in [-0.4, -0.2) is 48.9 Å². The SMILES string of the molecule is CCCc1ccc(S(=O)(=O)N2CCN(c3nc4cccnc4s3)CC2)cc1. The zero-order valence-corrected chi connectivity index (χ0v) is 16.8. The van der Waals surface area contributed by atoms with Gasteiger partial charge in [-0.25, -0.2) is 18.4 Å². The highest BCUT2D eigenvalue weighted by molar-refractivity contribution is 7.89. The summed E-state index contributed by atoms with van der Waals surface area (Å²) >= 11 is 1.55. The van der Waals surface area contributed by atoms with E-state index in [9.17, 15) is 8.42 Å². The molecule has 0 aliphatic carbocycles. The van der Waals surface area contributed by atoms with Crippen LogP contribution in [0, 0.1) is 0 Å². The van der Waals surface area contributed by atoms with Crippen LogP contribution in [0.3, 0.4) is 0 Å². The van der Waals surface area contributed by atoms with E-state index in [0.29, 0.717) is 31.1 Å². The average Bonchev–Trinajstić information content (AvgIpc) is 3.13. The Hall–Kier alpha value is -2.03. The Morgan fingerprint density at radius 3 is 2.48 bits per heavy atom. The van der Waals surface area contributed by atoms with Gasteiger partial charge in [-0.15, -0.1) is 0 Å². The number of nitrogens with zero attached hydrogens (tertiary/aromatic N) is 4. The summed E-state index contributed by atoms with van der Waals surface area (Å²) in [7, 11) is -3.45. The third-order valence-electron chi connectivity index (χ3n) is 4.76. The Balaban J connectivity index is 1.46. The maximum atomic E-state index is 12.9. The van der Waals surface area contributed by atoms with Gasteiger partial charge in [0.1, 0.15) is 10.3 Å². The molecule has 0 radical (unpaired) electrons. The molecule has 0 atom stereocenters. The molecule has 0 saturated carbocycles. The van der Waals surface area contributed by atoms with Gasteiger partial charge in [0.25, 0.3) is 0 Å². The lowest BCUT2D eigenvalue weighted by molar-refractivity contribution is 0.385. The third kappa shape index (κ3) is 3.69. The Morgan fingerprint density at radius 2 is 1.81 bits per heavy atom. The first-order valence-electron chi connectivity index (χ1n) is 9.13. The van der Waals surface area contributed by atoms with Gasteiger partial charge >= 0.3 is 0 Å². The van der Waals surface area contributed by atoms with Crippen LogP contribution in [0.5, 0.6) is 0 Å².